The van der Waals surface area contributed by atoms with Crippen LogP contribution in [0.15, 0.2) is 0 Å². The zero-order chi connectivity index (χ0) is 31.5. The number of alkyl halides is 3. The van der Waals surface area contributed by atoms with E-state index in [0.717, 1.165) is 25.2 Å². The summed E-state index contributed by atoms with van der Waals surface area (Å²) >= 11 is 0. The Bertz CT molecular complexity index is 917. The maximum atomic E-state index is 13.0. The van der Waals surface area contributed by atoms with Crippen LogP contribution in [-0.2, 0) is 19.2 Å². The molecule has 1 saturated heterocycles. The van der Waals surface area contributed by atoms with Gasteiger partial charge in [-0.25, -0.2) is 4.79 Å². The third-order valence-corrected chi connectivity index (χ3v) is 6.85. The van der Waals surface area contributed by atoms with Crippen LogP contribution in [0.25, 0.3) is 0 Å². The molecule has 2 saturated carbocycles. The van der Waals surface area contributed by atoms with E-state index in [-0.39, 0.29) is 37.6 Å². The minimum atomic E-state index is -4.58. The summed E-state index contributed by atoms with van der Waals surface area (Å²) in [5.41, 5.74) is 2.86. The largest absolute Gasteiger partial charge is 0.411 e. The van der Waals surface area contributed by atoms with Gasteiger partial charge in [0.05, 0.1) is 12.6 Å². The molecular weight excluding hydrogens is 543 g/mol. The lowest BCUT2D eigenvalue weighted by Crippen LogP contribution is -2.55. The maximum Gasteiger partial charge on any atom is 0.411 e. The number of rotatable bonds is 9. The second kappa shape index (κ2) is 16.0. The Morgan fingerprint density at radius 1 is 1.05 bits per heavy atom. The number of hydrogen-bond acceptors (Lipinski definition) is 5. The molecule has 1 aliphatic heterocycles. The molecule has 2 unspecified atom stereocenters. The smallest absolute Gasteiger partial charge is 0.363 e. The van der Waals surface area contributed by atoms with Crippen LogP contribution in [0, 0.1) is 17.8 Å². The Labute approximate surface area is 241 Å². The summed E-state index contributed by atoms with van der Waals surface area (Å²) in [5, 5.41) is 6.55. The number of carbonyl (C=O) groups excluding carboxylic acids is 5. The summed E-state index contributed by atoms with van der Waals surface area (Å²) in [5.74, 6) is -2.35. The first kappa shape index (κ1) is 36.2. The van der Waals surface area contributed by atoms with Crippen molar-refractivity contribution in [1.29, 1.82) is 0 Å². The summed E-state index contributed by atoms with van der Waals surface area (Å²) < 4.78 is 39.0. The Kier molecular flexibility index (Phi) is 14.1. The van der Waals surface area contributed by atoms with Gasteiger partial charge in [0.15, 0.2) is 0 Å². The number of carbonyl (C=O) groups is 5. The van der Waals surface area contributed by atoms with Gasteiger partial charge in [-0.1, -0.05) is 67.2 Å². The van der Waals surface area contributed by atoms with Gasteiger partial charge in [0.2, 0.25) is 17.6 Å². The van der Waals surface area contributed by atoms with Crippen molar-refractivity contribution < 1.29 is 37.1 Å². The number of Topliss-reactive ketones (excluding diaryl/α,β-unsaturated/α-hetero) is 1. The van der Waals surface area contributed by atoms with Crippen LogP contribution in [0.1, 0.15) is 92.9 Å². The molecule has 3 rings (SSSR count). The van der Waals surface area contributed by atoms with Crippen molar-refractivity contribution >= 4 is 29.5 Å². The summed E-state index contributed by atoms with van der Waals surface area (Å²) in [6, 6.07) is -3.14. The second-order valence-electron chi connectivity index (χ2n) is 12.1. The fourth-order valence-corrected chi connectivity index (χ4v) is 4.43. The Hall–Kier alpha value is -2.86. The number of amides is 5. The fourth-order valence-electron chi connectivity index (χ4n) is 4.43. The number of halogens is 3. The van der Waals surface area contributed by atoms with E-state index in [0.29, 0.717) is 6.42 Å². The van der Waals surface area contributed by atoms with Gasteiger partial charge in [0.1, 0.15) is 11.6 Å². The van der Waals surface area contributed by atoms with E-state index >= 15 is 0 Å². The van der Waals surface area contributed by atoms with Gasteiger partial charge in [-0.05, 0) is 43.4 Å². The molecule has 2 aliphatic carbocycles. The number of ketones is 1. The zero-order valence-corrected chi connectivity index (χ0v) is 25.2. The van der Waals surface area contributed by atoms with Gasteiger partial charge in [-0.2, -0.15) is 13.2 Å². The summed E-state index contributed by atoms with van der Waals surface area (Å²) in [6.07, 6.45) is -0.441. The second-order valence-corrected chi connectivity index (χ2v) is 12.1. The molecule has 1 heterocycles. The maximum absolute atomic E-state index is 13.0. The number of likely N-dealkylation sites (tertiary alicyclic amines) is 1. The number of nitrogens with one attached hydrogen (secondary N) is 3. The number of urea groups is 1. The van der Waals surface area contributed by atoms with Crippen molar-refractivity contribution in [2.45, 2.75) is 117 Å². The molecular formula is C28H48F3N5O5. The molecule has 0 bridgehead atoms. The van der Waals surface area contributed by atoms with Crippen LogP contribution < -0.4 is 21.7 Å². The molecule has 13 heteroatoms. The highest BCUT2D eigenvalue weighted by atomic mass is 19.4. The lowest BCUT2D eigenvalue weighted by molar-refractivity contribution is -0.162. The van der Waals surface area contributed by atoms with E-state index in [4.69, 9.17) is 5.73 Å². The number of nitrogens with zero attached hydrogens (tertiary/aromatic N) is 1. The molecule has 0 aromatic rings. The monoisotopic (exact) mass is 591 g/mol. The molecule has 0 aromatic carbocycles. The van der Waals surface area contributed by atoms with Gasteiger partial charge in [0, 0.05) is 6.54 Å². The number of nitrogens with two attached hydrogens (primary N) is 1. The van der Waals surface area contributed by atoms with Gasteiger partial charge < -0.3 is 26.6 Å². The molecule has 3 atom stereocenters. The van der Waals surface area contributed by atoms with Gasteiger partial charge in [-0.15, -0.1) is 0 Å². The van der Waals surface area contributed by atoms with Gasteiger partial charge in [-0.3, -0.25) is 19.2 Å². The zero-order valence-electron chi connectivity index (χ0n) is 25.2. The first-order chi connectivity index (χ1) is 19.0. The van der Waals surface area contributed by atoms with E-state index in [2.05, 4.69) is 45.3 Å². The molecule has 0 aromatic heterocycles. The van der Waals surface area contributed by atoms with Gasteiger partial charge in [0.25, 0.3) is 5.91 Å². The van der Waals surface area contributed by atoms with E-state index in [1.54, 1.807) is 0 Å². The molecule has 236 valence electrons. The third kappa shape index (κ3) is 11.5. The summed E-state index contributed by atoms with van der Waals surface area (Å²) in [6.45, 7) is 12.2. The van der Waals surface area contributed by atoms with E-state index in [9.17, 15) is 37.1 Å². The molecule has 5 amide bonds. The lowest BCUT2D eigenvalue weighted by Gasteiger charge is -2.30. The van der Waals surface area contributed by atoms with Crippen LogP contribution in [-0.4, -0.2) is 71.3 Å². The predicted molar refractivity (Wildman–Crippen MR) is 148 cm³/mol. The predicted octanol–water partition coefficient (Wildman–Crippen LogP) is 3.43. The third-order valence-electron chi connectivity index (χ3n) is 6.85. The highest BCUT2D eigenvalue weighted by molar-refractivity contribution is 6.37. The van der Waals surface area contributed by atoms with Crippen molar-refractivity contribution in [1.82, 2.24) is 20.9 Å². The first-order valence-corrected chi connectivity index (χ1v) is 14.5. The van der Waals surface area contributed by atoms with E-state index in [1.165, 1.54) is 11.3 Å². The average Bonchev–Trinajstić information content (AvgIpc) is 3.51. The van der Waals surface area contributed by atoms with Crippen molar-refractivity contribution in [3.63, 3.8) is 0 Å². The minimum absolute atomic E-state index is 0.0644. The topological polar surface area (TPSA) is 151 Å². The first-order valence-electron chi connectivity index (χ1n) is 14.5. The van der Waals surface area contributed by atoms with E-state index in [1.807, 2.05) is 12.2 Å². The molecule has 41 heavy (non-hydrogen) atoms. The Morgan fingerprint density at radius 2 is 1.59 bits per heavy atom. The summed E-state index contributed by atoms with van der Waals surface area (Å²) in [4.78, 5) is 62.4. The molecule has 3 fully saturated rings. The number of hydrogen-bond donors (Lipinski definition) is 4. The van der Waals surface area contributed by atoms with Crippen molar-refractivity contribution in [2.24, 2.45) is 23.5 Å². The van der Waals surface area contributed by atoms with Gasteiger partial charge >= 0.3 is 12.2 Å². The van der Waals surface area contributed by atoms with Crippen LogP contribution in [0.4, 0.5) is 18.0 Å². The minimum Gasteiger partial charge on any atom is -0.363 e. The number of primary amides is 1. The highest BCUT2D eigenvalue weighted by Gasteiger charge is 2.64. The summed E-state index contributed by atoms with van der Waals surface area (Å²) in [7, 11) is 0. The molecule has 5 N–H and O–H groups in total. The van der Waals surface area contributed by atoms with Crippen molar-refractivity contribution in [3.8, 4) is 0 Å². The molecule has 0 spiro atoms. The molecule has 3 aliphatic rings. The Morgan fingerprint density at radius 3 is 2.00 bits per heavy atom. The average molecular weight is 592 g/mol. The standard InChI is InChI=1S/C21H30F3N5O5.C4H10.C3H8/c1-11-7-14(18(33)27-13(16(31)17(25)32)8-12-3-2-4-12)29(10-11)15(30)9-26-19(34)28-20(5-6-20)21(22,23)24;1-4(2)3;1-3-2/h11-14H,2-10H2,1H3,(H2,25,32)(H,27,33)(H2,26,28,34);4H,1-3H3;3H2,1-2H3/t11-,13?,14?;;/m1../s1. The Balaban J connectivity index is 0.00000108. The quantitative estimate of drug-likeness (QED) is 0.303. The van der Waals surface area contributed by atoms with Crippen LogP contribution in [0.3, 0.4) is 0 Å². The normalized spacial score (nSPS) is 21.7. The SMILES string of the molecule is CC(C)C.CCC.C[C@@H]1CC(C(=O)NC(CC2CCC2)C(=O)C(N)=O)N(C(=O)CNC(=O)NC2(C(F)(F)F)CC2)C1. The van der Waals surface area contributed by atoms with E-state index < -0.39 is 59.9 Å². The van der Waals surface area contributed by atoms with Crippen molar-refractivity contribution in [3.05, 3.63) is 0 Å². The van der Waals surface area contributed by atoms with Crippen LogP contribution in [0.5, 0.6) is 0 Å². The highest BCUT2D eigenvalue weighted by Crippen LogP contribution is 2.48. The van der Waals surface area contributed by atoms with Crippen molar-refractivity contribution in [2.75, 3.05) is 13.1 Å². The fraction of sp³-hybridized carbons (Fsp3) is 0.821. The van der Waals surface area contributed by atoms with Crippen LogP contribution >= 0.6 is 0 Å². The molecule has 10 nitrogen and oxygen atoms in total. The molecule has 0 radical (unpaired) electrons. The van der Waals surface area contributed by atoms with Crippen LogP contribution in [0.2, 0.25) is 0 Å². The lowest BCUT2D eigenvalue weighted by atomic mass is 9.80.